The molecule has 0 aromatic heterocycles. The molecule has 0 aromatic carbocycles. The molecule has 0 atom stereocenters. The summed E-state index contributed by atoms with van der Waals surface area (Å²) in [4.78, 5) is 0. The number of allylic oxidation sites excluding steroid dienone is 1. The second-order valence-electron chi connectivity index (χ2n) is 2.50. The highest BCUT2D eigenvalue weighted by Gasteiger charge is 1.93. The predicted octanol–water partition coefficient (Wildman–Crippen LogP) is 1.79. The molecule has 10 heavy (non-hydrogen) atoms. The highest BCUT2D eigenvalue weighted by molar-refractivity contribution is 5.77. The van der Waals surface area contributed by atoms with E-state index in [4.69, 9.17) is 0 Å². The van der Waals surface area contributed by atoms with Gasteiger partial charge in [-0.2, -0.15) is 5.10 Å². The Hall–Kier alpha value is -0.790. The standard InChI is InChI=1S/C8H16N2/c1-5-9-10-6-8(4)7(2)3/h6-7,9H,4-5H2,1-3H3/b10-6-. The van der Waals surface area contributed by atoms with Crippen LogP contribution in [0.25, 0.3) is 0 Å². The van der Waals surface area contributed by atoms with E-state index in [0.29, 0.717) is 5.92 Å². The fourth-order valence-electron chi connectivity index (χ4n) is 0.369. The van der Waals surface area contributed by atoms with Crippen molar-refractivity contribution in [1.82, 2.24) is 5.43 Å². The number of hydrazone groups is 1. The second kappa shape index (κ2) is 5.03. The van der Waals surface area contributed by atoms with Gasteiger partial charge in [-0.3, -0.25) is 0 Å². The van der Waals surface area contributed by atoms with E-state index in [9.17, 15) is 0 Å². The van der Waals surface area contributed by atoms with E-state index in [1.165, 1.54) is 0 Å². The van der Waals surface area contributed by atoms with Crippen LogP contribution in [0, 0.1) is 5.92 Å². The van der Waals surface area contributed by atoms with Crippen molar-refractivity contribution < 1.29 is 0 Å². The Labute approximate surface area is 63.0 Å². The van der Waals surface area contributed by atoms with E-state index in [1.807, 2.05) is 6.92 Å². The van der Waals surface area contributed by atoms with Crippen molar-refractivity contribution in [3.8, 4) is 0 Å². The van der Waals surface area contributed by atoms with Crippen molar-refractivity contribution in [1.29, 1.82) is 0 Å². The molecule has 0 radical (unpaired) electrons. The average molecular weight is 140 g/mol. The number of nitrogens with one attached hydrogen (secondary N) is 1. The molecule has 1 N–H and O–H groups in total. The van der Waals surface area contributed by atoms with Gasteiger partial charge in [-0.15, -0.1) is 0 Å². The van der Waals surface area contributed by atoms with Crippen LogP contribution < -0.4 is 5.43 Å². The van der Waals surface area contributed by atoms with Crippen molar-refractivity contribution in [3.05, 3.63) is 12.2 Å². The minimum absolute atomic E-state index is 0.488. The van der Waals surface area contributed by atoms with E-state index in [1.54, 1.807) is 6.21 Å². The van der Waals surface area contributed by atoms with Gasteiger partial charge in [0.1, 0.15) is 0 Å². The van der Waals surface area contributed by atoms with Crippen molar-refractivity contribution in [2.75, 3.05) is 6.54 Å². The molecule has 2 heteroatoms. The summed E-state index contributed by atoms with van der Waals surface area (Å²) in [5, 5.41) is 3.94. The normalized spacial score (nSPS) is 10.8. The quantitative estimate of drug-likeness (QED) is 0.467. The third-order valence-electron chi connectivity index (χ3n) is 1.22. The molecule has 0 aliphatic rings. The third-order valence-corrected chi connectivity index (χ3v) is 1.22. The SMILES string of the molecule is C=C(/C=N\NCC)C(C)C. The summed E-state index contributed by atoms with van der Waals surface area (Å²) in [6.07, 6.45) is 1.77. The van der Waals surface area contributed by atoms with Crippen molar-refractivity contribution in [3.63, 3.8) is 0 Å². The fraction of sp³-hybridized carbons (Fsp3) is 0.625. The first kappa shape index (κ1) is 9.21. The van der Waals surface area contributed by atoms with Gasteiger partial charge in [0, 0.05) is 12.8 Å². The summed E-state index contributed by atoms with van der Waals surface area (Å²) < 4.78 is 0. The lowest BCUT2D eigenvalue weighted by atomic mass is 10.1. The zero-order chi connectivity index (χ0) is 7.98. The highest BCUT2D eigenvalue weighted by atomic mass is 15.3. The second-order valence-corrected chi connectivity index (χ2v) is 2.50. The van der Waals surface area contributed by atoms with Crippen LogP contribution in [0.3, 0.4) is 0 Å². The summed E-state index contributed by atoms with van der Waals surface area (Å²) in [6, 6.07) is 0. The minimum Gasteiger partial charge on any atom is -0.310 e. The van der Waals surface area contributed by atoms with Crippen molar-refractivity contribution in [2.24, 2.45) is 11.0 Å². The molecule has 0 amide bonds. The summed E-state index contributed by atoms with van der Waals surface area (Å²) in [5.74, 6) is 0.488. The first-order valence-corrected chi connectivity index (χ1v) is 3.63. The van der Waals surface area contributed by atoms with Crippen LogP contribution in [0.1, 0.15) is 20.8 Å². The first-order chi connectivity index (χ1) is 4.68. The molecule has 0 heterocycles. The molecule has 0 saturated heterocycles. The van der Waals surface area contributed by atoms with Crippen LogP contribution in [0.5, 0.6) is 0 Å². The number of rotatable bonds is 4. The largest absolute Gasteiger partial charge is 0.310 e. The van der Waals surface area contributed by atoms with Crippen LogP contribution in [0.2, 0.25) is 0 Å². The molecule has 0 aromatic rings. The fourth-order valence-corrected chi connectivity index (χ4v) is 0.369. The maximum absolute atomic E-state index is 3.94. The van der Waals surface area contributed by atoms with Gasteiger partial charge < -0.3 is 5.43 Å². The maximum atomic E-state index is 3.94. The van der Waals surface area contributed by atoms with Gasteiger partial charge in [0.15, 0.2) is 0 Å². The van der Waals surface area contributed by atoms with Crippen LogP contribution in [-0.2, 0) is 0 Å². The highest BCUT2D eigenvalue weighted by Crippen LogP contribution is 2.01. The summed E-state index contributed by atoms with van der Waals surface area (Å²) in [5.41, 5.74) is 3.90. The van der Waals surface area contributed by atoms with Crippen LogP contribution in [0.4, 0.5) is 0 Å². The zero-order valence-electron chi connectivity index (χ0n) is 7.02. The van der Waals surface area contributed by atoms with Gasteiger partial charge in [0.25, 0.3) is 0 Å². The maximum Gasteiger partial charge on any atom is 0.0496 e. The predicted molar refractivity (Wildman–Crippen MR) is 46.1 cm³/mol. The van der Waals surface area contributed by atoms with E-state index >= 15 is 0 Å². The van der Waals surface area contributed by atoms with Gasteiger partial charge in [-0.05, 0) is 18.4 Å². The number of hydrogen-bond acceptors (Lipinski definition) is 2. The van der Waals surface area contributed by atoms with Crippen molar-refractivity contribution >= 4 is 6.21 Å². The average Bonchev–Trinajstić information content (AvgIpc) is 1.88. The molecular formula is C8H16N2. The minimum atomic E-state index is 0.488. The Morgan fingerprint density at radius 2 is 2.30 bits per heavy atom. The molecule has 2 nitrogen and oxygen atoms in total. The summed E-state index contributed by atoms with van der Waals surface area (Å²) >= 11 is 0. The van der Waals surface area contributed by atoms with Gasteiger partial charge >= 0.3 is 0 Å². The lowest BCUT2D eigenvalue weighted by Gasteiger charge is -2.01. The molecule has 0 bridgehead atoms. The molecule has 0 fully saturated rings. The zero-order valence-corrected chi connectivity index (χ0v) is 7.02. The smallest absolute Gasteiger partial charge is 0.0496 e. The van der Waals surface area contributed by atoms with E-state index in [0.717, 1.165) is 12.1 Å². The Bertz CT molecular complexity index is 125. The third kappa shape index (κ3) is 4.13. The molecule has 0 spiro atoms. The van der Waals surface area contributed by atoms with Crippen molar-refractivity contribution in [2.45, 2.75) is 20.8 Å². The Kier molecular flexibility index (Phi) is 4.63. The van der Waals surface area contributed by atoms with Crippen LogP contribution >= 0.6 is 0 Å². The molecular weight excluding hydrogens is 124 g/mol. The molecule has 0 aliphatic heterocycles. The van der Waals surface area contributed by atoms with Gasteiger partial charge in [-0.1, -0.05) is 20.4 Å². The van der Waals surface area contributed by atoms with Gasteiger partial charge in [-0.25, -0.2) is 0 Å². The Balaban J connectivity index is 3.56. The molecule has 0 saturated carbocycles. The number of hydrogen-bond donors (Lipinski definition) is 1. The molecule has 58 valence electrons. The van der Waals surface area contributed by atoms with E-state index < -0.39 is 0 Å². The summed E-state index contributed by atoms with van der Waals surface area (Å²) in [6.45, 7) is 10.9. The van der Waals surface area contributed by atoms with Gasteiger partial charge in [0.05, 0.1) is 0 Å². The topological polar surface area (TPSA) is 24.4 Å². The van der Waals surface area contributed by atoms with Crippen LogP contribution in [-0.4, -0.2) is 12.8 Å². The van der Waals surface area contributed by atoms with E-state index in [-0.39, 0.29) is 0 Å². The molecule has 0 aliphatic carbocycles. The van der Waals surface area contributed by atoms with E-state index in [2.05, 4.69) is 31.0 Å². The number of nitrogens with zero attached hydrogens (tertiary/aromatic N) is 1. The summed E-state index contributed by atoms with van der Waals surface area (Å²) in [7, 11) is 0. The lowest BCUT2D eigenvalue weighted by molar-refractivity contribution is 0.773. The lowest BCUT2D eigenvalue weighted by Crippen LogP contribution is -2.04. The monoisotopic (exact) mass is 140 g/mol. The molecule has 0 rings (SSSR count). The van der Waals surface area contributed by atoms with Gasteiger partial charge in [0.2, 0.25) is 0 Å². The Morgan fingerprint density at radius 1 is 1.70 bits per heavy atom. The molecule has 0 unspecified atom stereocenters. The van der Waals surface area contributed by atoms with Crippen LogP contribution in [0.15, 0.2) is 17.3 Å². The Morgan fingerprint density at radius 3 is 2.70 bits per heavy atom. The first-order valence-electron chi connectivity index (χ1n) is 3.63.